The summed E-state index contributed by atoms with van der Waals surface area (Å²) >= 11 is 7.14. The summed E-state index contributed by atoms with van der Waals surface area (Å²) in [6.07, 6.45) is 0.603. The number of para-hydroxylation sites is 1. The first-order valence-electron chi connectivity index (χ1n) is 8.73. The number of hydrogen-bond acceptors (Lipinski definition) is 6. The molecule has 3 rings (SSSR count). The number of fused-ring (bicyclic) bond motifs is 1. The number of amides is 1. The minimum Gasteiger partial charge on any atom is -0.309 e. The van der Waals surface area contributed by atoms with Crippen molar-refractivity contribution in [1.82, 2.24) is 9.88 Å². The number of halogens is 2. The Bertz CT molecular complexity index is 1070. The van der Waals surface area contributed by atoms with Gasteiger partial charge in [-0.05, 0) is 51.3 Å². The van der Waals surface area contributed by atoms with Crippen LogP contribution >= 0.6 is 22.9 Å². The molecule has 0 saturated heterocycles. The van der Waals surface area contributed by atoms with Crippen LogP contribution in [-0.2, 0) is 0 Å². The van der Waals surface area contributed by atoms with Gasteiger partial charge < -0.3 is 4.90 Å². The number of thiazole rings is 1. The third kappa shape index (κ3) is 4.69. The van der Waals surface area contributed by atoms with E-state index in [1.54, 1.807) is 12.1 Å². The highest BCUT2D eigenvalue weighted by Gasteiger charge is 2.28. The number of nitrogens with zero attached hydrogens (tertiary/aromatic N) is 4. The SMILES string of the molecule is CN(C)CCCN(C(=O)c1cc(Cl)ccc1[N+](=O)[O-])c1nc2c(F)cccc2s1. The van der Waals surface area contributed by atoms with Crippen LogP contribution in [0.2, 0.25) is 5.02 Å². The van der Waals surface area contributed by atoms with Crippen LogP contribution in [-0.4, -0.2) is 47.9 Å². The molecule has 10 heteroatoms. The van der Waals surface area contributed by atoms with Gasteiger partial charge in [0.1, 0.15) is 16.9 Å². The van der Waals surface area contributed by atoms with Gasteiger partial charge in [0.2, 0.25) is 0 Å². The monoisotopic (exact) mass is 436 g/mol. The number of aromatic nitrogens is 1. The van der Waals surface area contributed by atoms with Gasteiger partial charge in [0.25, 0.3) is 11.6 Å². The summed E-state index contributed by atoms with van der Waals surface area (Å²) in [7, 11) is 3.81. The Morgan fingerprint density at radius 2 is 2.03 bits per heavy atom. The van der Waals surface area contributed by atoms with E-state index < -0.39 is 16.6 Å². The standard InChI is InChI=1S/C19H18ClFN4O3S/c1-23(2)9-4-10-24(19-22-17-14(21)5-3-6-16(17)29-19)18(26)13-11-12(20)7-8-15(13)25(27)28/h3,5-8,11H,4,9-10H2,1-2H3. The molecule has 29 heavy (non-hydrogen) atoms. The molecule has 0 bridgehead atoms. The maximum atomic E-state index is 14.1. The van der Waals surface area contributed by atoms with Gasteiger partial charge >= 0.3 is 0 Å². The topological polar surface area (TPSA) is 79.6 Å². The number of hydrogen-bond donors (Lipinski definition) is 0. The molecule has 0 aliphatic heterocycles. The van der Waals surface area contributed by atoms with Gasteiger partial charge in [-0.1, -0.05) is 29.0 Å². The Morgan fingerprint density at radius 1 is 1.28 bits per heavy atom. The summed E-state index contributed by atoms with van der Waals surface area (Å²) in [5.74, 6) is -1.09. The Hall–Kier alpha value is -2.62. The lowest BCUT2D eigenvalue weighted by atomic mass is 10.1. The molecular formula is C19H18ClFN4O3S. The summed E-state index contributed by atoms with van der Waals surface area (Å²) in [5.41, 5.74) is -0.310. The van der Waals surface area contributed by atoms with E-state index in [-0.39, 0.29) is 33.5 Å². The summed E-state index contributed by atoms with van der Waals surface area (Å²) in [5, 5.41) is 11.9. The zero-order valence-electron chi connectivity index (χ0n) is 15.8. The maximum Gasteiger partial charge on any atom is 0.282 e. The van der Waals surface area contributed by atoms with E-state index in [4.69, 9.17) is 11.6 Å². The molecule has 0 aliphatic rings. The van der Waals surface area contributed by atoms with E-state index >= 15 is 0 Å². The maximum absolute atomic E-state index is 14.1. The van der Waals surface area contributed by atoms with E-state index in [0.717, 1.165) is 11.3 Å². The predicted octanol–water partition coefficient (Wildman–Crippen LogP) is 4.60. The molecule has 1 amide bonds. The molecule has 1 heterocycles. The second kappa shape index (κ2) is 8.81. The smallest absolute Gasteiger partial charge is 0.282 e. The van der Waals surface area contributed by atoms with Crippen molar-refractivity contribution in [2.75, 3.05) is 32.1 Å². The molecule has 0 unspecified atom stereocenters. The summed E-state index contributed by atoms with van der Waals surface area (Å²) in [6.45, 7) is 0.961. The number of rotatable bonds is 7. The molecule has 0 N–H and O–H groups in total. The fraction of sp³-hybridized carbons (Fsp3) is 0.263. The van der Waals surface area contributed by atoms with Gasteiger partial charge in [0.15, 0.2) is 5.13 Å². The van der Waals surface area contributed by atoms with Crippen LogP contribution in [0.5, 0.6) is 0 Å². The quantitative estimate of drug-likeness (QED) is 0.399. The second-order valence-electron chi connectivity index (χ2n) is 6.62. The highest BCUT2D eigenvalue weighted by atomic mass is 35.5. The van der Waals surface area contributed by atoms with Crippen LogP contribution in [0.15, 0.2) is 36.4 Å². The molecule has 2 aromatic carbocycles. The fourth-order valence-electron chi connectivity index (χ4n) is 2.83. The van der Waals surface area contributed by atoms with E-state index in [9.17, 15) is 19.3 Å². The number of carbonyl (C=O) groups is 1. The molecule has 152 valence electrons. The molecule has 0 saturated carbocycles. The molecular weight excluding hydrogens is 419 g/mol. The van der Waals surface area contributed by atoms with Crippen LogP contribution in [0.3, 0.4) is 0 Å². The van der Waals surface area contributed by atoms with E-state index in [2.05, 4.69) is 4.98 Å². The summed E-state index contributed by atoms with van der Waals surface area (Å²) in [6, 6.07) is 8.41. The van der Waals surface area contributed by atoms with Gasteiger partial charge in [-0.3, -0.25) is 19.8 Å². The number of anilines is 1. The Balaban J connectivity index is 2.05. The van der Waals surface area contributed by atoms with Crippen molar-refractivity contribution < 1.29 is 14.1 Å². The third-order valence-corrected chi connectivity index (χ3v) is 5.49. The van der Waals surface area contributed by atoms with Crippen LogP contribution in [0.25, 0.3) is 10.2 Å². The van der Waals surface area contributed by atoms with Crippen LogP contribution < -0.4 is 4.90 Å². The fourth-order valence-corrected chi connectivity index (χ4v) is 4.01. The first kappa shape index (κ1) is 21.1. The number of nitro benzene ring substituents is 1. The van der Waals surface area contributed by atoms with Crippen molar-refractivity contribution in [2.45, 2.75) is 6.42 Å². The Labute approximate surface area is 175 Å². The van der Waals surface area contributed by atoms with E-state index in [0.29, 0.717) is 17.7 Å². The van der Waals surface area contributed by atoms with Gasteiger partial charge in [-0.2, -0.15) is 0 Å². The number of carbonyl (C=O) groups excluding carboxylic acids is 1. The number of benzene rings is 2. The molecule has 0 radical (unpaired) electrons. The highest BCUT2D eigenvalue weighted by molar-refractivity contribution is 7.22. The summed E-state index contributed by atoms with van der Waals surface area (Å²) in [4.78, 5) is 31.7. The normalized spacial score (nSPS) is 11.2. The van der Waals surface area contributed by atoms with Crippen molar-refractivity contribution in [1.29, 1.82) is 0 Å². The average Bonchev–Trinajstić information content (AvgIpc) is 3.09. The summed E-state index contributed by atoms with van der Waals surface area (Å²) < 4.78 is 14.7. The van der Waals surface area contributed by atoms with Crippen molar-refractivity contribution in [2.24, 2.45) is 0 Å². The lowest BCUT2D eigenvalue weighted by Gasteiger charge is -2.21. The zero-order chi connectivity index (χ0) is 21.1. The third-order valence-electron chi connectivity index (χ3n) is 4.21. The molecule has 0 aliphatic carbocycles. The Morgan fingerprint density at radius 3 is 2.69 bits per heavy atom. The van der Waals surface area contributed by atoms with Crippen LogP contribution in [0, 0.1) is 15.9 Å². The number of nitro groups is 1. The highest BCUT2D eigenvalue weighted by Crippen LogP contribution is 2.33. The van der Waals surface area contributed by atoms with Crippen LogP contribution in [0.1, 0.15) is 16.8 Å². The van der Waals surface area contributed by atoms with Gasteiger partial charge in [-0.15, -0.1) is 0 Å². The molecule has 0 atom stereocenters. The molecule has 1 aromatic heterocycles. The van der Waals surface area contributed by atoms with Crippen molar-refractivity contribution >= 4 is 49.9 Å². The van der Waals surface area contributed by atoms with Gasteiger partial charge in [0, 0.05) is 17.6 Å². The molecule has 0 spiro atoms. The largest absolute Gasteiger partial charge is 0.309 e. The second-order valence-corrected chi connectivity index (χ2v) is 8.06. The van der Waals surface area contributed by atoms with E-state index in [1.807, 2.05) is 19.0 Å². The average molecular weight is 437 g/mol. The lowest BCUT2D eigenvalue weighted by Crippen LogP contribution is -2.33. The van der Waals surface area contributed by atoms with Gasteiger partial charge in [0.05, 0.1) is 9.62 Å². The van der Waals surface area contributed by atoms with Crippen molar-refractivity contribution in [3.8, 4) is 0 Å². The minimum atomic E-state index is -0.625. The van der Waals surface area contributed by atoms with Crippen LogP contribution in [0.4, 0.5) is 15.2 Å². The minimum absolute atomic E-state index is 0.132. The first-order chi connectivity index (χ1) is 13.8. The molecule has 7 nitrogen and oxygen atoms in total. The molecule has 0 fully saturated rings. The first-order valence-corrected chi connectivity index (χ1v) is 9.93. The van der Waals surface area contributed by atoms with E-state index in [1.165, 1.54) is 29.2 Å². The van der Waals surface area contributed by atoms with Crippen molar-refractivity contribution in [3.63, 3.8) is 0 Å². The molecule has 3 aromatic rings. The Kier molecular flexibility index (Phi) is 6.41. The zero-order valence-corrected chi connectivity index (χ0v) is 17.3. The predicted molar refractivity (Wildman–Crippen MR) is 113 cm³/mol. The lowest BCUT2D eigenvalue weighted by molar-refractivity contribution is -0.385. The van der Waals surface area contributed by atoms with Gasteiger partial charge in [-0.25, -0.2) is 9.37 Å². The van der Waals surface area contributed by atoms with Crippen molar-refractivity contribution in [3.05, 3.63) is 62.9 Å².